The van der Waals surface area contributed by atoms with Crippen LogP contribution < -0.4 is 10.7 Å². The van der Waals surface area contributed by atoms with E-state index in [4.69, 9.17) is 4.74 Å². The Bertz CT molecular complexity index is 614. The van der Waals surface area contributed by atoms with Crippen molar-refractivity contribution in [3.63, 3.8) is 0 Å². The largest absolute Gasteiger partial charge is 0.465 e. The Labute approximate surface area is 147 Å². The summed E-state index contributed by atoms with van der Waals surface area (Å²) in [5.41, 5.74) is 3.53. The number of nitrogens with zero attached hydrogens (tertiary/aromatic N) is 1. The standard InChI is InChI=1S/C18H25N3O4/c1-4-15(18(24)25-5-2)13(3)20-21-17(23)12-11-16(22)19-14-9-7-6-8-10-14/h6-10,15H,4-5,11-12H2,1-3H3,(H,19,22)(H,21,23). The van der Waals surface area contributed by atoms with Crippen molar-refractivity contribution in [1.82, 2.24) is 5.43 Å². The number of benzene rings is 1. The van der Waals surface area contributed by atoms with Gasteiger partial charge >= 0.3 is 5.97 Å². The summed E-state index contributed by atoms with van der Waals surface area (Å²) in [5, 5.41) is 6.65. The molecule has 0 aliphatic heterocycles. The first-order valence-corrected chi connectivity index (χ1v) is 8.32. The number of amides is 2. The van der Waals surface area contributed by atoms with Gasteiger partial charge in [0.1, 0.15) is 0 Å². The van der Waals surface area contributed by atoms with Gasteiger partial charge in [-0.1, -0.05) is 25.1 Å². The number of ether oxygens (including phenoxy) is 1. The van der Waals surface area contributed by atoms with Crippen LogP contribution in [0.25, 0.3) is 0 Å². The molecule has 1 atom stereocenters. The molecule has 0 aliphatic carbocycles. The monoisotopic (exact) mass is 347 g/mol. The smallest absolute Gasteiger partial charge is 0.314 e. The maximum Gasteiger partial charge on any atom is 0.314 e. The molecule has 1 aromatic carbocycles. The molecule has 0 fully saturated rings. The van der Waals surface area contributed by atoms with Crippen LogP contribution in [0, 0.1) is 5.92 Å². The van der Waals surface area contributed by atoms with E-state index in [2.05, 4.69) is 15.8 Å². The SMILES string of the molecule is CCOC(=O)C(CC)C(C)=NNC(=O)CCC(=O)Nc1ccccc1. The highest BCUT2D eigenvalue weighted by molar-refractivity contribution is 6.01. The van der Waals surface area contributed by atoms with Crippen LogP contribution in [0.3, 0.4) is 0 Å². The topological polar surface area (TPSA) is 96.9 Å². The molecule has 0 heterocycles. The normalized spacial score (nSPS) is 12.2. The zero-order chi connectivity index (χ0) is 18.7. The number of para-hydroxylation sites is 1. The average molecular weight is 347 g/mol. The molecule has 1 rings (SSSR count). The van der Waals surface area contributed by atoms with Crippen molar-refractivity contribution in [3.8, 4) is 0 Å². The van der Waals surface area contributed by atoms with E-state index < -0.39 is 5.92 Å². The van der Waals surface area contributed by atoms with E-state index in [0.29, 0.717) is 24.4 Å². The fourth-order valence-corrected chi connectivity index (χ4v) is 2.13. The third kappa shape index (κ3) is 7.60. The molecule has 0 saturated carbocycles. The number of carbonyl (C=O) groups excluding carboxylic acids is 3. The van der Waals surface area contributed by atoms with Crippen molar-refractivity contribution in [2.45, 2.75) is 40.0 Å². The summed E-state index contributed by atoms with van der Waals surface area (Å²) >= 11 is 0. The van der Waals surface area contributed by atoms with Crippen molar-refractivity contribution in [2.75, 3.05) is 11.9 Å². The van der Waals surface area contributed by atoms with Crippen molar-refractivity contribution in [3.05, 3.63) is 30.3 Å². The average Bonchev–Trinajstić information content (AvgIpc) is 2.60. The predicted molar refractivity (Wildman–Crippen MR) is 96.0 cm³/mol. The van der Waals surface area contributed by atoms with E-state index in [0.717, 1.165) is 0 Å². The van der Waals surface area contributed by atoms with E-state index >= 15 is 0 Å². The van der Waals surface area contributed by atoms with Gasteiger partial charge in [-0.15, -0.1) is 0 Å². The number of hydrogen-bond acceptors (Lipinski definition) is 5. The van der Waals surface area contributed by atoms with Gasteiger partial charge < -0.3 is 10.1 Å². The van der Waals surface area contributed by atoms with Crippen molar-refractivity contribution in [1.29, 1.82) is 0 Å². The van der Waals surface area contributed by atoms with Gasteiger partial charge in [-0.05, 0) is 32.4 Å². The summed E-state index contributed by atoms with van der Waals surface area (Å²) in [4.78, 5) is 35.4. The number of hydrogen-bond donors (Lipinski definition) is 2. The fourth-order valence-electron chi connectivity index (χ4n) is 2.13. The highest BCUT2D eigenvalue weighted by atomic mass is 16.5. The van der Waals surface area contributed by atoms with Crippen LogP contribution in [0.15, 0.2) is 35.4 Å². The third-order valence-corrected chi connectivity index (χ3v) is 3.48. The van der Waals surface area contributed by atoms with Gasteiger partial charge in [0, 0.05) is 24.2 Å². The van der Waals surface area contributed by atoms with E-state index in [1.165, 1.54) is 0 Å². The molecule has 0 aliphatic rings. The van der Waals surface area contributed by atoms with Crippen LogP contribution in [-0.2, 0) is 19.1 Å². The van der Waals surface area contributed by atoms with Gasteiger partial charge in [0.15, 0.2) is 0 Å². The molecule has 0 aromatic heterocycles. The lowest BCUT2D eigenvalue weighted by atomic mass is 10.0. The van der Waals surface area contributed by atoms with Gasteiger partial charge in [-0.25, -0.2) is 5.43 Å². The molecule has 0 spiro atoms. The van der Waals surface area contributed by atoms with Gasteiger partial charge in [0.2, 0.25) is 11.8 Å². The Kier molecular flexibility index (Phi) is 8.92. The van der Waals surface area contributed by atoms with Crippen molar-refractivity contribution in [2.24, 2.45) is 11.0 Å². The minimum absolute atomic E-state index is 0.00560. The molecule has 136 valence electrons. The molecule has 2 N–H and O–H groups in total. The summed E-state index contributed by atoms with van der Waals surface area (Å²) in [6.07, 6.45) is 0.583. The Hall–Kier alpha value is -2.70. The molecule has 7 nitrogen and oxygen atoms in total. The van der Waals surface area contributed by atoms with Crippen LogP contribution in [0.4, 0.5) is 5.69 Å². The lowest BCUT2D eigenvalue weighted by Gasteiger charge is -2.13. The number of carbonyl (C=O) groups is 3. The maximum atomic E-state index is 11.8. The van der Waals surface area contributed by atoms with Gasteiger partial charge in [-0.2, -0.15) is 5.10 Å². The molecule has 0 bridgehead atoms. The molecular formula is C18H25N3O4. The lowest BCUT2D eigenvalue weighted by Crippen LogP contribution is -2.27. The number of hydrazone groups is 1. The number of rotatable bonds is 9. The zero-order valence-corrected chi connectivity index (χ0v) is 14.9. The molecular weight excluding hydrogens is 322 g/mol. The molecule has 2 amide bonds. The Morgan fingerprint density at radius 1 is 1.08 bits per heavy atom. The predicted octanol–water partition coefficient (Wildman–Crippen LogP) is 2.49. The second-order valence-corrected chi connectivity index (χ2v) is 5.42. The second-order valence-electron chi connectivity index (χ2n) is 5.42. The van der Waals surface area contributed by atoms with Crippen molar-refractivity contribution >= 4 is 29.2 Å². The van der Waals surface area contributed by atoms with Crippen LogP contribution in [0.2, 0.25) is 0 Å². The Balaban J connectivity index is 2.42. The molecule has 1 unspecified atom stereocenters. The lowest BCUT2D eigenvalue weighted by molar-refractivity contribution is -0.145. The van der Waals surface area contributed by atoms with Crippen LogP contribution in [0.1, 0.15) is 40.0 Å². The first kappa shape index (κ1) is 20.3. The highest BCUT2D eigenvalue weighted by Gasteiger charge is 2.21. The molecule has 7 heteroatoms. The molecule has 0 saturated heterocycles. The molecule has 25 heavy (non-hydrogen) atoms. The van der Waals surface area contributed by atoms with Crippen LogP contribution in [0.5, 0.6) is 0 Å². The molecule has 1 aromatic rings. The third-order valence-electron chi connectivity index (χ3n) is 3.48. The number of nitrogens with one attached hydrogen (secondary N) is 2. The quantitative estimate of drug-likeness (QED) is 0.407. The molecule has 0 radical (unpaired) electrons. The highest BCUT2D eigenvalue weighted by Crippen LogP contribution is 2.08. The van der Waals surface area contributed by atoms with Crippen molar-refractivity contribution < 1.29 is 19.1 Å². The van der Waals surface area contributed by atoms with Crippen LogP contribution >= 0.6 is 0 Å². The fraction of sp³-hybridized carbons (Fsp3) is 0.444. The van der Waals surface area contributed by atoms with Gasteiger partial charge in [0.25, 0.3) is 0 Å². The summed E-state index contributed by atoms with van der Waals surface area (Å²) in [5.74, 6) is -1.48. The van der Waals surface area contributed by atoms with E-state index in [-0.39, 0.29) is 30.6 Å². The minimum Gasteiger partial charge on any atom is -0.465 e. The second kappa shape index (κ2) is 11.0. The maximum absolute atomic E-state index is 11.8. The van der Waals surface area contributed by atoms with E-state index in [1.807, 2.05) is 25.1 Å². The Morgan fingerprint density at radius 3 is 2.32 bits per heavy atom. The first-order chi connectivity index (χ1) is 12.0. The van der Waals surface area contributed by atoms with E-state index in [1.54, 1.807) is 26.0 Å². The van der Waals surface area contributed by atoms with Gasteiger partial charge in [-0.3, -0.25) is 14.4 Å². The number of esters is 1. The minimum atomic E-state index is -0.485. The number of anilines is 1. The van der Waals surface area contributed by atoms with Gasteiger partial charge in [0.05, 0.1) is 12.5 Å². The Morgan fingerprint density at radius 2 is 1.72 bits per heavy atom. The summed E-state index contributed by atoms with van der Waals surface area (Å²) in [7, 11) is 0. The van der Waals surface area contributed by atoms with E-state index in [9.17, 15) is 14.4 Å². The summed E-state index contributed by atoms with van der Waals surface area (Å²) in [6, 6.07) is 9.02. The summed E-state index contributed by atoms with van der Waals surface area (Å²) < 4.78 is 4.97. The first-order valence-electron chi connectivity index (χ1n) is 8.32. The zero-order valence-electron chi connectivity index (χ0n) is 14.9. The van der Waals surface area contributed by atoms with Crippen LogP contribution in [-0.4, -0.2) is 30.1 Å². The summed E-state index contributed by atoms with van der Waals surface area (Å²) in [6.45, 7) is 5.54.